The second-order valence-corrected chi connectivity index (χ2v) is 7.10. The van der Waals surface area contributed by atoms with Crippen molar-refractivity contribution in [3.8, 4) is 17.1 Å². The molecule has 8 heteroatoms. The van der Waals surface area contributed by atoms with E-state index >= 15 is 0 Å². The van der Waals surface area contributed by atoms with Crippen LogP contribution in [0, 0.1) is 5.82 Å². The highest BCUT2D eigenvalue weighted by molar-refractivity contribution is 9.10. The van der Waals surface area contributed by atoms with Crippen LogP contribution in [0.1, 0.15) is 16.2 Å². The Balaban J connectivity index is 1.46. The Labute approximate surface area is 179 Å². The summed E-state index contributed by atoms with van der Waals surface area (Å²) in [5.41, 5.74) is 1.46. The van der Waals surface area contributed by atoms with Crippen LogP contribution in [0.2, 0.25) is 0 Å². The van der Waals surface area contributed by atoms with E-state index < -0.39 is 11.7 Å². The maximum absolute atomic E-state index is 13.7. The average molecular weight is 468 g/mol. The lowest BCUT2D eigenvalue weighted by atomic mass is 10.2. The van der Waals surface area contributed by atoms with Crippen molar-refractivity contribution >= 4 is 27.5 Å². The molecule has 0 atom stereocenters. The SMILES string of the molecule is O=C(Nc1ccc(Br)c(F)c1)c1ccccc1OCc1nc(-c2ccccc2)no1. The number of anilines is 1. The Morgan fingerprint density at radius 2 is 1.83 bits per heavy atom. The van der Waals surface area contributed by atoms with Crippen molar-refractivity contribution < 1.29 is 18.4 Å². The lowest BCUT2D eigenvalue weighted by molar-refractivity contribution is 0.102. The fourth-order valence-corrected chi connectivity index (χ4v) is 2.96. The van der Waals surface area contributed by atoms with Crippen LogP contribution in [0.5, 0.6) is 5.75 Å². The van der Waals surface area contributed by atoms with E-state index in [-0.39, 0.29) is 12.5 Å². The number of benzene rings is 3. The lowest BCUT2D eigenvalue weighted by Gasteiger charge is -2.11. The molecule has 3 aromatic carbocycles. The zero-order valence-corrected chi connectivity index (χ0v) is 17.1. The Morgan fingerprint density at radius 3 is 2.63 bits per heavy atom. The van der Waals surface area contributed by atoms with Crippen LogP contribution in [0.25, 0.3) is 11.4 Å². The summed E-state index contributed by atoms with van der Waals surface area (Å²) in [6.45, 7) is -0.00294. The van der Waals surface area contributed by atoms with Crippen molar-refractivity contribution in [3.63, 3.8) is 0 Å². The molecule has 1 amide bonds. The molecule has 0 bridgehead atoms. The molecule has 0 spiro atoms. The van der Waals surface area contributed by atoms with Crippen molar-refractivity contribution in [1.29, 1.82) is 0 Å². The quantitative estimate of drug-likeness (QED) is 0.406. The molecule has 0 saturated carbocycles. The van der Waals surface area contributed by atoms with Crippen molar-refractivity contribution in [3.05, 3.63) is 94.5 Å². The van der Waals surface area contributed by atoms with Gasteiger partial charge in [-0.1, -0.05) is 47.6 Å². The van der Waals surface area contributed by atoms with Crippen molar-refractivity contribution in [2.75, 3.05) is 5.32 Å². The molecule has 0 radical (unpaired) electrons. The van der Waals surface area contributed by atoms with Gasteiger partial charge < -0.3 is 14.6 Å². The Bertz CT molecular complexity index is 1180. The summed E-state index contributed by atoms with van der Waals surface area (Å²) in [5.74, 6) is 0.175. The first-order chi connectivity index (χ1) is 14.6. The third kappa shape index (κ3) is 4.55. The van der Waals surface area contributed by atoms with Crippen LogP contribution in [-0.4, -0.2) is 16.0 Å². The van der Waals surface area contributed by atoms with Gasteiger partial charge in [0.25, 0.3) is 11.8 Å². The van der Waals surface area contributed by atoms with E-state index in [1.165, 1.54) is 12.1 Å². The van der Waals surface area contributed by atoms with Crippen LogP contribution in [0.3, 0.4) is 0 Å². The minimum Gasteiger partial charge on any atom is -0.483 e. The van der Waals surface area contributed by atoms with E-state index in [1.807, 2.05) is 30.3 Å². The smallest absolute Gasteiger partial charge is 0.264 e. The third-order valence-corrected chi connectivity index (χ3v) is 4.80. The molecular formula is C22H15BrFN3O3. The highest BCUT2D eigenvalue weighted by atomic mass is 79.9. The number of aromatic nitrogens is 2. The molecule has 0 saturated heterocycles. The van der Waals surface area contributed by atoms with Gasteiger partial charge in [0.05, 0.1) is 10.0 Å². The van der Waals surface area contributed by atoms with Gasteiger partial charge in [-0.05, 0) is 46.3 Å². The van der Waals surface area contributed by atoms with E-state index in [0.717, 1.165) is 5.56 Å². The summed E-state index contributed by atoms with van der Waals surface area (Å²) in [6.07, 6.45) is 0. The number of rotatable bonds is 6. The van der Waals surface area contributed by atoms with E-state index in [9.17, 15) is 9.18 Å². The topological polar surface area (TPSA) is 77.2 Å². The predicted molar refractivity (Wildman–Crippen MR) is 113 cm³/mol. The number of ether oxygens (including phenoxy) is 1. The number of carbonyl (C=O) groups is 1. The Kier molecular flexibility index (Phi) is 5.85. The summed E-state index contributed by atoms with van der Waals surface area (Å²) in [7, 11) is 0. The monoisotopic (exact) mass is 467 g/mol. The molecule has 4 aromatic rings. The van der Waals surface area contributed by atoms with Gasteiger partial charge in [0.1, 0.15) is 11.6 Å². The number of nitrogens with one attached hydrogen (secondary N) is 1. The van der Waals surface area contributed by atoms with Gasteiger partial charge in [0, 0.05) is 11.3 Å². The van der Waals surface area contributed by atoms with Crippen LogP contribution in [0.15, 0.2) is 81.8 Å². The standard InChI is InChI=1S/C22H15BrFN3O3/c23-17-11-10-15(12-18(17)24)25-22(28)16-8-4-5-9-19(16)29-13-20-26-21(27-30-20)14-6-2-1-3-7-14/h1-12H,13H2,(H,25,28). The van der Waals surface area contributed by atoms with Crippen LogP contribution < -0.4 is 10.1 Å². The molecular weight excluding hydrogens is 453 g/mol. The van der Waals surface area contributed by atoms with Gasteiger partial charge in [-0.2, -0.15) is 4.98 Å². The summed E-state index contributed by atoms with van der Waals surface area (Å²) in [5, 5.41) is 6.60. The van der Waals surface area contributed by atoms with Gasteiger partial charge in [-0.15, -0.1) is 0 Å². The van der Waals surface area contributed by atoms with Crippen molar-refractivity contribution in [1.82, 2.24) is 10.1 Å². The fourth-order valence-electron chi connectivity index (χ4n) is 2.71. The molecule has 0 aliphatic carbocycles. The highest BCUT2D eigenvalue weighted by Crippen LogP contribution is 2.23. The number of carbonyl (C=O) groups excluding carboxylic acids is 1. The number of amides is 1. The minimum atomic E-state index is -0.469. The molecule has 150 valence electrons. The zero-order chi connectivity index (χ0) is 20.9. The lowest BCUT2D eigenvalue weighted by Crippen LogP contribution is -2.14. The summed E-state index contributed by atoms with van der Waals surface area (Å²) in [6, 6.07) is 20.5. The third-order valence-electron chi connectivity index (χ3n) is 4.16. The van der Waals surface area contributed by atoms with Gasteiger partial charge in [0.15, 0.2) is 6.61 Å². The first-order valence-corrected chi connectivity index (χ1v) is 9.76. The maximum atomic E-state index is 13.7. The maximum Gasteiger partial charge on any atom is 0.264 e. The second kappa shape index (κ2) is 8.87. The number of para-hydroxylation sites is 1. The van der Waals surface area contributed by atoms with E-state index in [4.69, 9.17) is 9.26 Å². The number of nitrogens with zero attached hydrogens (tertiary/aromatic N) is 2. The summed E-state index contributed by atoms with van der Waals surface area (Å²) >= 11 is 3.08. The molecule has 0 aliphatic heterocycles. The molecule has 1 heterocycles. The molecule has 6 nitrogen and oxygen atoms in total. The summed E-state index contributed by atoms with van der Waals surface area (Å²) in [4.78, 5) is 17.0. The molecule has 1 N–H and O–H groups in total. The van der Waals surface area contributed by atoms with Gasteiger partial charge in [-0.25, -0.2) is 4.39 Å². The summed E-state index contributed by atoms with van der Waals surface area (Å²) < 4.78 is 25.0. The Hall–Kier alpha value is -3.52. The van der Waals surface area contributed by atoms with Gasteiger partial charge in [0.2, 0.25) is 5.82 Å². The predicted octanol–water partition coefficient (Wildman–Crippen LogP) is 5.47. The Morgan fingerprint density at radius 1 is 1.07 bits per heavy atom. The van der Waals surface area contributed by atoms with Crippen LogP contribution in [0.4, 0.5) is 10.1 Å². The largest absolute Gasteiger partial charge is 0.483 e. The molecule has 4 rings (SSSR count). The van der Waals surface area contributed by atoms with E-state index in [1.54, 1.807) is 30.3 Å². The highest BCUT2D eigenvalue weighted by Gasteiger charge is 2.15. The first kappa shape index (κ1) is 19.8. The minimum absolute atomic E-state index is 0.00294. The molecule has 30 heavy (non-hydrogen) atoms. The molecule has 0 fully saturated rings. The molecule has 0 aliphatic rings. The second-order valence-electron chi connectivity index (χ2n) is 6.25. The van der Waals surface area contributed by atoms with Gasteiger partial charge >= 0.3 is 0 Å². The normalized spacial score (nSPS) is 10.6. The zero-order valence-electron chi connectivity index (χ0n) is 15.5. The van der Waals surface area contributed by atoms with Crippen LogP contribution in [-0.2, 0) is 6.61 Å². The first-order valence-electron chi connectivity index (χ1n) is 8.96. The van der Waals surface area contributed by atoms with E-state index in [0.29, 0.717) is 27.3 Å². The van der Waals surface area contributed by atoms with Crippen molar-refractivity contribution in [2.24, 2.45) is 0 Å². The number of hydrogen-bond acceptors (Lipinski definition) is 5. The van der Waals surface area contributed by atoms with Gasteiger partial charge in [-0.3, -0.25) is 4.79 Å². The van der Waals surface area contributed by atoms with Crippen LogP contribution >= 0.6 is 15.9 Å². The number of halogens is 2. The number of hydrogen-bond donors (Lipinski definition) is 1. The fraction of sp³-hybridized carbons (Fsp3) is 0.0455. The average Bonchev–Trinajstić information content (AvgIpc) is 3.25. The van der Waals surface area contributed by atoms with E-state index in [2.05, 4.69) is 31.4 Å². The van der Waals surface area contributed by atoms with Crippen molar-refractivity contribution in [2.45, 2.75) is 6.61 Å². The molecule has 1 aromatic heterocycles. The molecule has 0 unspecified atom stereocenters.